The van der Waals surface area contributed by atoms with Gasteiger partial charge in [-0.15, -0.1) is 0 Å². The van der Waals surface area contributed by atoms with Crippen LogP contribution < -0.4 is 0 Å². The van der Waals surface area contributed by atoms with Gasteiger partial charge in [-0.2, -0.15) is 0 Å². The molecule has 0 atom stereocenters. The Morgan fingerprint density at radius 1 is 1.05 bits per heavy atom. The summed E-state index contributed by atoms with van der Waals surface area (Å²) in [6.45, 7) is 2.62. The van der Waals surface area contributed by atoms with Gasteiger partial charge in [-0.25, -0.2) is 9.97 Å². The number of hydrogen-bond acceptors (Lipinski definition) is 2. The number of rotatable bonds is 2. The first kappa shape index (κ1) is 12.5. The van der Waals surface area contributed by atoms with Crippen LogP contribution in [0.4, 0.5) is 0 Å². The summed E-state index contributed by atoms with van der Waals surface area (Å²) in [5.74, 6) is 0.951. The molecular formula is C14H11Cl2N3. The molecule has 0 aliphatic heterocycles. The van der Waals surface area contributed by atoms with Crippen LogP contribution in [0.15, 0.2) is 36.4 Å². The molecule has 0 bridgehead atoms. The number of para-hydroxylation sites is 2. The zero-order chi connectivity index (χ0) is 13.4. The predicted octanol–water partition coefficient (Wildman–Crippen LogP) is 4.09. The Hall–Kier alpha value is -1.58. The maximum atomic E-state index is 6.12. The van der Waals surface area contributed by atoms with E-state index in [9.17, 15) is 0 Å². The van der Waals surface area contributed by atoms with Gasteiger partial charge in [0.2, 0.25) is 0 Å². The minimum Gasteiger partial charge on any atom is -0.324 e. The van der Waals surface area contributed by atoms with Crippen molar-refractivity contribution < 1.29 is 0 Å². The van der Waals surface area contributed by atoms with Crippen molar-refractivity contribution in [2.45, 2.75) is 13.5 Å². The van der Waals surface area contributed by atoms with Crippen molar-refractivity contribution in [1.82, 2.24) is 14.5 Å². The molecule has 3 nitrogen and oxygen atoms in total. The summed E-state index contributed by atoms with van der Waals surface area (Å²) in [6.07, 6.45) is 0. The molecule has 0 aliphatic rings. The summed E-state index contributed by atoms with van der Waals surface area (Å²) in [7, 11) is 0. The Balaban J connectivity index is 2.08. The molecule has 19 heavy (non-hydrogen) atoms. The fourth-order valence-corrected chi connectivity index (χ4v) is 2.53. The van der Waals surface area contributed by atoms with Gasteiger partial charge in [-0.3, -0.25) is 0 Å². The number of halogens is 2. The first-order chi connectivity index (χ1) is 9.15. The van der Waals surface area contributed by atoms with Crippen molar-refractivity contribution in [1.29, 1.82) is 0 Å². The van der Waals surface area contributed by atoms with E-state index in [-0.39, 0.29) is 0 Å². The second-order valence-corrected chi connectivity index (χ2v) is 5.06. The highest BCUT2D eigenvalue weighted by atomic mass is 35.5. The molecule has 0 saturated heterocycles. The number of aryl methyl sites for hydroxylation is 1. The number of fused-ring (bicyclic) bond motifs is 1. The Bertz CT molecular complexity index is 750. The second kappa shape index (κ2) is 4.83. The van der Waals surface area contributed by atoms with E-state index in [2.05, 4.69) is 14.5 Å². The topological polar surface area (TPSA) is 30.7 Å². The molecule has 3 aromatic rings. The quantitative estimate of drug-likeness (QED) is 0.666. The largest absolute Gasteiger partial charge is 0.324 e. The first-order valence-corrected chi connectivity index (χ1v) is 6.63. The van der Waals surface area contributed by atoms with Gasteiger partial charge in [-0.1, -0.05) is 41.4 Å². The van der Waals surface area contributed by atoms with E-state index in [4.69, 9.17) is 23.2 Å². The molecule has 0 aliphatic carbocycles. The van der Waals surface area contributed by atoms with Crippen LogP contribution in [0, 0.1) is 6.92 Å². The minimum atomic E-state index is 0.404. The van der Waals surface area contributed by atoms with Crippen LogP contribution in [-0.4, -0.2) is 14.5 Å². The Labute approximate surface area is 120 Å². The van der Waals surface area contributed by atoms with Crippen molar-refractivity contribution in [2.75, 3.05) is 0 Å². The molecule has 0 unspecified atom stereocenters. The van der Waals surface area contributed by atoms with Crippen LogP contribution >= 0.6 is 23.2 Å². The zero-order valence-electron chi connectivity index (χ0n) is 10.3. The molecule has 0 amide bonds. The Morgan fingerprint density at radius 3 is 2.63 bits per heavy atom. The number of benzene rings is 1. The lowest BCUT2D eigenvalue weighted by Crippen LogP contribution is -2.03. The standard InChI is InChI=1S/C14H11Cl2N3/c1-9-17-11-4-2-3-5-12(11)19(9)8-10-6-7-13(15)18-14(10)16/h2-7H,8H2,1H3. The Morgan fingerprint density at radius 2 is 1.84 bits per heavy atom. The first-order valence-electron chi connectivity index (χ1n) is 5.88. The van der Waals surface area contributed by atoms with Gasteiger partial charge in [0, 0.05) is 5.56 Å². The van der Waals surface area contributed by atoms with Crippen LogP contribution in [0.5, 0.6) is 0 Å². The normalized spacial score (nSPS) is 11.1. The van der Waals surface area contributed by atoms with Crippen molar-refractivity contribution >= 4 is 34.2 Å². The summed E-state index contributed by atoms with van der Waals surface area (Å²) in [5.41, 5.74) is 3.00. The SMILES string of the molecule is Cc1nc2ccccc2n1Cc1ccc(Cl)nc1Cl. The lowest BCUT2D eigenvalue weighted by molar-refractivity contribution is 0.783. The molecule has 2 heterocycles. The van der Waals surface area contributed by atoms with Gasteiger partial charge in [0.15, 0.2) is 0 Å². The van der Waals surface area contributed by atoms with Gasteiger partial charge in [0.25, 0.3) is 0 Å². The van der Waals surface area contributed by atoms with Gasteiger partial charge in [-0.05, 0) is 25.1 Å². The molecule has 96 valence electrons. The van der Waals surface area contributed by atoms with Crippen LogP contribution in [0.25, 0.3) is 11.0 Å². The molecule has 0 saturated carbocycles. The maximum Gasteiger partial charge on any atom is 0.135 e. The number of pyridine rings is 1. The van der Waals surface area contributed by atoms with E-state index in [1.54, 1.807) is 6.07 Å². The minimum absolute atomic E-state index is 0.404. The smallest absolute Gasteiger partial charge is 0.135 e. The molecule has 1 aromatic carbocycles. The number of nitrogens with zero attached hydrogens (tertiary/aromatic N) is 3. The van der Waals surface area contributed by atoms with Crippen LogP contribution in [0.2, 0.25) is 10.3 Å². The van der Waals surface area contributed by atoms with Crippen molar-refractivity contribution in [3.05, 3.63) is 58.1 Å². The fraction of sp³-hybridized carbons (Fsp3) is 0.143. The third-order valence-electron chi connectivity index (χ3n) is 3.07. The summed E-state index contributed by atoms with van der Waals surface area (Å²) >= 11 is 11.9. The van der Waals surface area contributed by atoms with Gasteiger partial charge < -0.3 is 4.57 Å². The van der Waals surface area contributed by atoms with E-state index in [1.807, 2.05) is 37.3 Å². The van der Waals surface area contributed by atoms with Gasteiger partial charge in [0.1, 0.15) is 16.1 Å². The lowest BCUT2D eigenvalue weighted by Gasteiger charge is -2.08. The van der Waals surface area contributed by atoms with E-state index >= 15 is 0 Å². The number of hydrogen-bond donors (Lipinski definition) is 0. The van der Waals surface area contributed by atoms with E-state index in [0.29, 0.717) is 16.9 Å². The third-order valence-corrected chi connectivity index (χ3v) is 3.60. The highest BCUT2D eigenvalue weighted by Crippen LogP contribution is 2.21. The summed E-state index contributed by atoms with van der Waals surface area (Å²) in [4.78, 5) is 8.59. The maximum absolute atomic E-state index is 6.12. The van der Waals surface area contributed by atoms with Crippen LogP contribution in [0.1, 0.15) is 11.4 Å². The molecule has 2 aromatic heterocycles. The monoisotopic (exact) mass is 291 g/mol. The summed E-state index contributed by atoms with van der Waals surface area (Å²) in [6, 6.07) is 11.7. The van der Waals surface area contributed by atoms with Crippen LogP contribution in [0.3, 0.4) is 0 Å². The van der Waals surface area contributed by atoms with E-state index in [0.717, 1.165) is 22.4 Å². The van der Waals surface area contributed by atoms with Gasteiger partial charge in [0.05, 0.1) is 17.6 Å². The third kappa shape index (κ3) is 2.31. The Kier molecular flexibility index (Phi) is 3.17. The summed E-state index contributed by atoms with van der Waals surface area (Å²) < 4.78 is 2.12. The van der Waals surface area contributed by atoms with Crippen molar-refractivity contribution in [2.24, 2.45) is 0 Å². The zero-order valence-corrected chi connectivity index (χ0v) is 11.8. The molecule has 5 heteroatoms. The van der Waals surface area contributed by atoms with Gasteiger partial charge >= 0.3 is 0 Å². The number of aromatic nitrogens is 3. The van der Waals surface area contributed by atoms with Crippen LogP contribution in [-0.2, 0) is 6.54 Å². The second-order valence-electron chi connectivity index (χ2n) is 4.32. The average molecular weight is 292 g/mol. The molecule has 0 radical (unpaired) electrons. The van der Waals surface area contributed by atoms with Crippen molar-refractivity contribution in [3.8, 4) is 0 Å². The highest BCUT2D eigenvalue weighted by Gasteiger charge is 2.09. The van der Waals surface area contributed by atoms with E-state index < -0.39 is 0 Å². The molecule has 0 fully saturated rings. The number of imidazole rings is 1. The predicted molar refractivity (Wildman–Crippen MR) is 77.8 cm³/mol. The molecule has 0 spiro atoms. The average Bonchev–Trinajstić information content (AvgIpc) is 2.69. The molecule has 0 N–H and O–H groups in total. The molecular weight excluding hydrogens is 281 g/mol. The molecule has 3 rings (SSSR count). The summed E-state index contributed by atoms with van der Waals surface area (Å²) in [5, 5.41) is 0.839. The van der Waals surface area contributed by atoms with Crippen molar-refractivity contribution in [3.63, 3.8) is 0 Å². The van der Waals surface area contributed by atoms with E-state index in [1.165, 1.54) is 0 Å². The lowest BCUT2D eigenvalue weighted by atomic mass is 10.2. The highest BCUT2D eigenvalue weighted by molar-refractivity contribution is 6.32. The fourth-order valence-electron chi connectivity index (χ4n) is 2.12.